The van der Waals surface area contributed by atoms with Crippen molar-refractivity contribution in [1.29, 1.82) is 0 Å². The van der Waals surface area contributed by atoms with Crippen LogP contribution in [0.5, 0.6) is 0 Å². The molecule has 0 aliphatic carbocycles. The summed E-state index contributed by atoms with van der Waals surface area (Å²) in [6.07, 6.45) is 0.581. The van der Waals surface area contributed by atoms with Crippen LogP contribution in [-0.4, -0.2) is 25.7 Å². The molecule has 3 nitrogen and oxygen atoms in total. The molecule has 0 fully saturated rings. The highest BCUT2D eigenvalue weighted by molar-refractivity contribution is 5.81. The summed E-state index contributed by atoms with van der Waals surface area (Å²) in [5.74, 6) is -0.0336. The van der Waals surface area contributed by atoms with Crippen LogP contribution in [0.2, 0.25) is 0 Å². The van der Waals surface area contributed by atoms with Crippen molar-refractivity contribution in [2.24, 2.45) is 5.41 Å². The van der Waals surface area contributed by atoms with Crippen molar-refractivity contribution >= 4 is 5.91 Å². The number of rotatable bonds is 5. The van der Waals surface area contributed by atoms with Crippen LogP contribution in [0.25, 0.3) is 0 Å². The minimum atomic E-state index is -0.340. The van der Waals surface area contributed by atoms with Gasteiger partial charge in [0, 0.05) is 13.7 Å². The SMILES string of the molecule is CCOC(C(=O)NC)C(C)(C)CC. The molecule has 0 spiro atoms. The van der Waals surface area contributed by atoms with E-state index in [2.05, 4.69) is 12.2 Å². The minimum absolute atomic E-state index is 0.0336. The van der Waals surface area contributed by atoms with E-state index >= 15 is 0 Å². The molecule has 0 aliphatic rings. The molecule has 0 saturated heterocycles. The van der Waals surface area contributed by atoms with E-state index in [4.69, 9.17) is 4.74 Å². The van der Waals surface area contributed by atoms with Gasteiger partial charge < -0.3 is 10.1 Å². The monoisotopic (exact) mass is 187 g/mol. The number of likely N-dealkylation sites (N-methyl/N-ethyl adjacent to an activating group) is 1. The van der Waals surface area contributed by atoms with Crippen molar-refractivity contribution in [2.45, 2.75) is 40.2 Å². The van der Waals surface area contributed by atoms with Gasteiger partial charge in [-0.15, -0.1) is 0 Å². The summed E-state index contributed by atoms with van der Waals surface area (Å²) in [5.41, 5.74) is -0.101. The Kier molecular flexibility index (Phi) is 4.99. The van der Waals surface area contributed by atoms with E-state index in [-0.39, 0.29) is 17.4 Å². The largest absolute Gasteiger partial charge is 0.368 e. The normalized spacial score (nSPS) is 13.9. The predicted octanol–water partition coefficient (Wildman–Crippen LogP) is 1.57. The molecule has 0 aromatic heterocycles. The van der Waals surface area contributed by atoms with Crippen LogP contribution >= 0.6 is 0 Å². The van der Waals surface area contributed by atoms with Crippen LogP contribution in [0, 0.1) is 5.41 Å². The summed E-state index contributed by atoms with van der Waals surface area (Å²) in [5, 5.41) is 2.63. The fourth-order valence-corrected chi connectivity index (χ4v) is 1.14. The predicted molar refractivity (Wildman–Crippen MR) is 53.6 cm³/mol. The van der Waals surface area contributed by atoms with Crippen LogP contribution in [-0.2, 0) is 9.53 Å². The zero-order valence-corrected chi connectivity index (χ0v) is 9.31. The Hall–Kier alpha value is -0.570. The Balaban J connectivity index is 4.49. The second kappa shape index (κ2) is 5.22. The van der Waals surface area contributed by atoms with Gasteiger partial charge in [0.25, 0.3) is 0 Å². The minimum Gasteiger partial charge on any atom is -0.368 e. The maximum absolute atomic E-state index is 11.5. The standard InChI is InChI=1S/C10H21NO2/c1-6-10(3,4)8(13-7-2)9(12)11-5/h8H,6-7H2,1-5H3,(H,11,12). The molecule has 0 saturated carbocycles. The molecule has 0 rings (SSSR count). The lowest BCUT2D eigenvalue weighted by atomic mass is 9.83. The Morgan fingerprint density at radius 1 is 1.46 bits per heavy atom. The molecule has 0 aromatic rings. The van der Waals surface area contributed by atoms with E-state index in [1.54, 1.807) is 7.05 Å². The van der Waals surface area contributed by atoms with Crippen molar-refractivity contribution in [2.75, 3.05) is 13.7 Å². The van der Waals surface area contributed by atoms with Gasteiger partial charge in [0.05, 0.1) is 0 Å². The summed E-state index contributed by atoms with van der Waals surface area (Å²) in [6, 6.07) is 0. The molecular formula is C10H21NO2. The number of carbonyl (C=O) groups excluding carboxylic acids is 1. The van der Waals surface area contributed by atoms with E-state index in [0.717, 1.165) is 6.42 Å². The molecule has 0 heterocycles. The number of ether oxygens (including phenoxy) is 1. The summed E-state index contributed by atoms with van der Waals surface area (Å²) >= 11 is 0. The van der Waals surface area contributed by atoms with Gasteiger partial charge in [-0.25, -0.2) is 0 Å². The van der Waals surface area contributed by atoms with Gasteiger partial charge in [-0.05, 0) is 18.8 Å². The zero-order chi connectivity index (χ0) is 10.5. The zero-order valence-electron chi connectivity index (χ0n) is 9.31. The molecule has 13 heavy (non-hydrogen) atoms. The van der Waals surface area contributed by atoms with Crippen molar-refractivity contribution in [1.82, 2.24) is 5.32 Å². The first-order valence-corrected chi connectivity index (χ1v) is 4.82. The maximum atomic E-state index is 11.5. The molecule has 1 unspecified atom stereocenters. The first-order chi connectivity index (χ1) is 5.99. The number of amides is 1. The maximum Gasteiger partial charge on any atom is 0.249 e. The third kappa shape index (κ3) is 3.35. The first kappa shape index (κ1) is 12.4. The Morgan fingerprint density at radius 2 is 2.00 bits per heavy atom. The van der Waals surface area contributed by atoms with E-state index in [9.17, 15) is 4.79 Å². The highest BCUT2D eigenvalue weighted by Crippen LogP contribution is 2.27. The van der Waals surface area contributed by atoms with Crippen molar-refractivity contribution < 1.29 is 9.53 Å². The second-order valence-electron chi connectivity index (χ2n) is 3.79. The van der Waals surface area contributed by atoms with Gasteiger partial charge in [0.15, 0.2) is 0 Å². The molecule has 0 aliphatic heterocycles. The summed E-state index contributed by atoms with van der Waals surface area (Å²) in [4.78, 5) is 11.5. The third-order valence-electron chi connectivity index (χ3n) is 2.44. The van der Waals surface area contributed by atoms with Gasteiger partial charge in [0.1, 0.15) is 6.10 Å². The van der Waals surface area contributed by atoms with Gasteiger partial charge in [-0.1, -0.05) is 20.8 Å². The fourth-order valence-electron chi connectivity index (χ4n) is 1.14. The Labute approximate surface area is 80.8 Å². The summed E-state index contributed by atoms with van der Waals surface area (Å²) in [6.45, 7) is 8.63. The highest BCUT2D eigenvalue weighted by Gasteiger charge is 2.33. The quantitative estimate of drug-likeness (QED) is 0.709. The number of hydrogen-bond acceptors (Lipinski definition) is 2. The van der Waals surface area contributed by atoms with E-state index in [1.807, 2.05) is 20.8 Å². The van der Waals surface area contributed by atoms with Crippen LogP contribution in [0.4, 0.5) is 0 Å². The third-order valence-corrected chi connectivity index (χ3v) is 2.44. The Morgan fingerprint density at radius 3 is 2.31 bits per heavy atom. The average molecular weight is 187 g/mol. The topological polar surface area (TPSA) is 38.3 Å². The van der Waals surface area contributed by atoms with Crippen LogP contribution < -0.4 is 5.32 Å². The average Bonchev–Trinajstić information content (AvgIpc) is 2.12. The van der Waals surface area contributed by atoms with Gasteiger partial charge in [-0.2, -0.15) is 0 Å². The number of hydrogen-bond donors (Lipinski definition) is 1. The molecule has 0 aromatic carbocycles. The summed E-state index contributed by atoms with van der Waals surface area (Å²) < 4.78 is 5.44. The van der Waals surface area contributed by atoms with Gasteiger partial charge in [-0.3, -0.25) is 4.79 Å². The molecule has 3 heteroatoms. The van der Waals surface area contributed by atoms with Crippen molar-refractivity contribution in [3.63, 3.8) is 0 Å². The van der Waals surface area contributed by atoms with Crippen molar-refractivity contribution in [3.8, 4) is 0 Å². The molecule has 78 valence electrons. The second-order valence-corrected chi connectivity index (χ2v) is 3.79. The van der Waals surface area contributed by atoms with Crippen LogP contribution in [0.1, 0.15) is 34.1 Å². The van der Waals surface area contributed by atoms with E-state index in [1.165, 1.54) is 0 Å². The smallest absolute Gasteiger partial charge is 0.249 e. The molecular weight excluding hydrogens is 166 g/mol. The molecule has 1 amide bonds. The number of carbonyl (C=O) groups is 1. The molecule has 0 radical (unpaired) electrons. The van der Waals surface area contributed by atoms with E-state index < -0.39 is 0 Å². The lowest BCUT2D eigenvalue weighted by Crippen LogP contribution is -2.44. The van der Waals surface area contributed by atoms with Crippen molar-refractivity contribution in [3.05, 3.63) is 0 Å². The van der Waals surface area contributed by atoms with Crippen LogP contribution in [0.3, 0.4) is 0 Å². The lowest BCUT2D eigenvalue weighted by Gasteiger charge is -2.31. The van der Waals surface area contributed by atoms with Crippen LogP contribution in [0.15, 0.2) is 0 Å². The highest BCUT2D eigenvalue weighted by atomic mass is 16.5. The first-order valence-electron chi connectivity index (χ1n) is 4.82. The Bertz CT molecular complexity index is 166. The fraction of sp³-hybridized carbons (Fsp3) is 0.900. The van der Waals surface area contributed by atoms with E-state index in [0.29, 0.717) is 6.61 Å². The summed E-state index contributed by atoms with van der Waals surface area (Å²) in [7, 11) is 1.64. The number of nitrogens with one attached hydrogen (secondary N) is 1. The molecule has 1 N–H and O–H groups in total. The molecule has 0 bridgehead atoms. The molecule has 1 atom stereocenters. The lowest BCUT2D eigenvalue weighted by molar-refractivity contribution is -0.140. The van der Waals surface area contributed by atoms with Gasteiger partial charge in [0.2, 0.25) is 5.91 Å². The van der Waals surface area contributed by atoms with Gasteiger partial charge >= 0.3 is 0 Å².